The average Bonchev–Trinajstić information content (AvgIpc) is 2.28. The highest BCUT2D eigenvalue weighted by Gasteiger charge is 2.34. The molecule has 0 bridgehead atoms. The third-order valence-electron chi connectivity index (χ3n) is 1.88. The van der Waals surface area contributed by atoms with E-state index in [9.17, 15) is 9.59 Å². The minimum absolute atomic E-state index is 0.177. The van der Waals surface area contributed by atoms with Gasteiger partial charge in [-0.25, -0.2) is 9.59 Å². The Morgan fingerprint density at radius 2 is 2.17 bits per heavy atom. The van der Waals surface area contributed by atoms with Crippen LogP contribution < -0.4 is 0 Å². The minimum Gasteiger partial charge on any atom is -0.389 e. The highest BCUT2D eigenvalue weighted by molar-refractivity contribution is 6.14. The number of cyclic esters (lactones) is 2. The second kappa shape index (κ2) is 2.28. The predicted octanol–water partition coefficient (Wildman–Crippen LogP) is -0.313. The summed E-state index contributed by atoms with van der Waals surface area (Å²) in [4.78, 5) is 21.8. The fourth-order valence-electron chi connectivity index (χ4n) is 1.28. The molecule has 12 heavy (non-hydrogen) atoms. The second-order valence-corrected chi connectivity index (χ2v) is 2.70. The Labute approximate surface area is 68.1 Å². The first kappa shape index (κ1) is 7.24. The van der Waals surface area contributed by atoms with Crippen LogP contribution >= 0.6 is 0 Å². The van der Waals surface area contributed by atoms with Crippen molar-refractivity contribution in [3.05, 3.63) is 23.3 Å². The van der Waals surface area contributed by atoms with Gasteiger partial charge in [0.05, 0.1) is 17.3 Å². The zero-order valence-electron chi connectivity index (χ0n) is 6.11. The molecular weight excluding hydrogens is 160 g/mol. The molecule has 1 unspecified atom stereocenters. The molecule has 0 aromatic rings. The van der Waals surface area contributed by atoms with E-state index in [1.165, 1.54) is 12.2 Å². The maximum atomic E-state index is 10.9. The average molecular weight is 166 g/mol. The summed E-state index contributed by atoms with van der Waals surface area (Å²) < 4.78 is 4.34. The zero-order valence-corrected chi connectivity index (χ0v) is 6.11. The summed E-state index contributed by atoms with van der Waals surface area (Å²) in [6.07, 6.45) is 2.40. The number of aliphatic hydroxyl groups excluding tert-OH is 1. The first-order valence-corrected chi connectivity index (χ1v) is 3.54. The van der Waals surface area contributed by atoms with Crippen LogP contribution in [0.3, 0.4) is 0 Å². The molecule has 1 aliphatic heterocycles. The highest BCUT2D eigenvalue weighted by Crippen LogP contribution is 2.26. The standard InChI is InChI=1S/C8H6O4/c9-4-1-2-5-6(3-4)8(11)12-7(5)10/h1-2,4,9H,3H2. The van der Waals surface area contributed by atoms with Crippen molar-refractivity contribution in [1.29, 1.82) is 0 Å². The monoisotopic (exact) mass is 166 g/mol. The Morgan fingerprint density at radius 3 is 2.92 bits per heavy atom. The van der Waals surface area contributed by atoms with E-state index < -0.39 is 18.0 Å². The largest absolute Gasteiger partial charge is 0.389 e. The van der Waals surface area contributed by atoms with Crippen molar-refractivity contribution >= 4 is 11.9 Å². The molecule has 0 saturated carbocycles. The van der Waals surface area contributed by atoms with E-state index in [2.05, 4.69) is 4.74 Å². The summed E-state index contributed by atoms with van der Waals surface area (Å²) in [5.74, 6) is -1.24. The summed E-state index contributed by atoms with van der Waals surface area (Å²) in [5, 5.41) is 9.12. The van der Waals surface area contributed by atoms with E-state index in [-0.39, 0.29) is 17.6 Å². The van der Waals surface area contributed by atoms with Crippen LogP contribution in [0.5, 0.6) is 0 Å². The van der Waals surface area contributed by atoms with Gasteiger partial charge in [0, 0.05) is 6.42 Å². The number of aliphatic hydroxyl groups is 1. The molecule has 0 radical (unpaired) electrons. The van der Waals surface area contributed by atoms with E-state index in [0.717, 1.165) is 0 Å². The van der Waals surface area contributed by atoms with Gasteiger partial charge >= 0.3 is 11.9 Å². The Bertz CT molecular complexity index is 324. The SMILES string of the molecule is O=C1OC(=O)C2=C1C=CC(O)C2. The number of rotatable bonds is 0. The maximum Gasteiger partial charge on any atom is 0.346 e. The lowest BCUT2D eigenvalue weighted by Crippen LogP contribution is -2.11. The quantitative estimate of drug-likeness (QED) is 0.396. The lowest BCUT2D eigenvalue weighted by Gasteiger charge is -2.08. The molecule has 0 spiro atoms. The fourth-order valence-corrected chi connectivity index (χ4v) is 1.28. The van der Waals surface area contributed by atoms with Gasteiger partial charge in [0.25, 0.3) is 0 Å². The number of carbonyl (C=O) groups is 2. The first-order chi connectivity index (χ1) is 5.68. The van der Waals surface area contributed by atoms with Gasteiger partial charge in [0.15, 0.2) is 0 Å². The number of hydrogen-bond donors (Lipinski definition) is 1. The molecule has 4 heteroatoms. The minimum atomic E-state index is -0.679. The van der Waals surface area contributed by atoms with E-state index >= 15 is 0 Å². The van der Waals surface area contributed by atoms with Gasteiger partial charge in [-0.05, 0) is 6.08 Å². The molecule has 62 valence electrons. The van der Waals surface area contributed by atoms with Crippen LogP contribution in [0.25, 0.3) is 0 Å². The molecule has 2 aliphatic rings. The summed E-state index contributed by atoms with van der Waals surface area (Å²) in [5.41, 5.74) is 0.570. The molecule has 1 N–H and O–H groups in total. The van der Waals surface area contributed by atoms with Crippen molar-refractivity contribution in [3.8, 4) is 0 Å². The van der Waals surface area contributed by atoms with Gasteiger partial charge in [0.1, 0.15) is 0 Å². The zero-order chi connectivity index (χ0) is 8.72. The van der Waals surface area contributed by atoms with E-state index in [1.807, 2.05) is 0 Å². The predicted molar refractivity (Wildman–Crippen MR) is 37.9 cm³/mol. The number of ether oxygens (including phenoxy) is 1. The van der Waals surface area contributed by atoms with Crippen LogP contribution in [-0.4, -0.2) is 23.1 Å². The molecular formula is C8H6O4. The van der Waals surface area contributed by atoms with Crippen molar-refractivity contribution < 1.29 is 19.4 Å². The van der Waals surface area contributed by atoms with Gasteiger partial charge in [-0.1, -0.05) is 6.08 Å². The summed E-state index contributed by atoms with van der Waals surface area (Å²) >= 11 is 0. The Balaban J connectivity index is 2.43. The Hall–Kier alpha value is -1.42. The van der Waals surface area contributed by atoms with Crippen LogP contribution in [0, 0.1) is 0 Å². The molecule has 1 aliphatic carbocycles. The van der Waals surface area contributed by atoms with Gasteiger partial charge < -0.3 is 9.84 Å². The molecule has 1 atom stereocenters. The number of carbonyl (C=O) groups excluding carboxylic acids is 2. The van der Waals surface area contributed by atoms with Crippen molar-refractivity contribution in [2.75, 3.05) is 0 Å². The van der Waals surface area contributed by atoms with Crippen LogP contribution in [0.4, 0.5) is 0 Å². The summed E-state index contributed by atoms with van der Waals surface area (Å²) in [6.45, 7) is 0. The van der Waals surface area contributed by atoms with Gasteiger partial charge in [-0.3, -0.25) is 0 Å². The van der Waals surface area contributed by atoms with Crippen molar-refractivity contribution in [2.45, 2.75) is 12.5 Å². The van der Waals surface area contributed by atoms with Gasteiger partial charge in [0.2, 0.25) is 0 Å². The van der Waals surface area contributed by atoms with Crippen LogP contribution in [0.2, 0.25) is 0 Å². The van der Waals surface area contributed by atoms with Crippen LogP contribution in [0.1, 0.15) is 6.42 Å². The van der Waals surface area contributed by atoms with Gasteiger partial charge in [-0.15, -0.1) is 0 Å². The topological polar surface area (TPSA) is 63.6 Å². The highest BCUT2D eigenvalue weighted by atomic mass is 16.6. The smallest absolute Gasteiger partial charge is 0.346 e. The van der Waals surface area contributed by atoms with Crippen LogP contribution in [-0.2, 0) is 14.3 Å². The Morgan fingerprint density at radius 1 is 1.42 bits per heavy atom. The van der Waals surface area contributed by atoms with E-state index in [1.54, 1.807) is 0 Å². The molecule has 0 aromatic heterocycles. The molecule has 4 nitrogen and oxygen atoms in total. The van der Waals surface area contributed by atoms with Gasteiger partial charge in [-0.2, -0.15) is 0 Å². The lowest BCUT2D eigenvalue weighted by molar-refractivity contribution is -0.151. The second-order valence-electron chi connectivity index (χ2n) is 2.70. The van der Waals surface area contributed by atoms with Crippen molar-refractivity contribution in [2.24, 2.45) is 0 Å². The number of hydrogen-bond acceptors (Lipinski definition) is 4. The maximum absolute atomic E-state index is 10.9. The van der Waals surface area contributed by atoms with Crippen molar-refractivity contribution in [3.63, 3.8) is 0 Å². The third kappa shape index (κ3) is 0.887. The fraction of sp³-hybridized carbons (Fsp3) is 0.250. The lowest BCUT2D eigenvalue weighted by atomic mass is 9.98. The molecule has 0 amide bonds. The Kier molecular flexibility index (Phi) is 1.38. The summed E-state index contributed by atoms with van der Waals surface area (Å²) in [7, 11) is 0. The molecule has 0 saturated heterocycles. The van der Waals surface area contributed by atoms with E-state index in [4.69, 9.17) is 5.11 Å². The van der Waals surface area contributed by atoms with Crippen LogP contribution in [0.15, 0.2) is 23.3 Å². The molecule has 2 rings (SSSR count). The van der Waals surface area contributed by atoms with Crippen molar-refractivity contribution in [1.82, 2.24) is 0 Å². The normalized spacial score (nSPS) is 27.6. The third-order valence-corrected chi connectivity index (χ3v) is 1.88. The molecule has 0 aromatic carbocycles. The summed E-state index contributed by atoms with van der Waals surface area (Å²) in [6, 6.07) is 0. The number of esters is 2. The first-order valence-electron chi connectivity index (χ1n) is 3.54. The van der Waals surface area contributed by atoms with E-state index in [0.29, 0.717) is 0 Å². The molecule has 0 fully saturated rings. The molecule has 1 heterocycles.